The highest BCUT2D eigenvalue weighted by Gasteiger charge is 2.19. The predicted molar refractivity (Wildman–Crippen MR) is 242 cm³/mol. The molecule has 0 spiro atoms. The first-order chi connectivity index (χ1) is 28.7. The van der Waals surface area contributed by atoms with Crippen molar-refractivity contribution in [3.8, 4) is 51.2 Å². The van der Waals surface area contributed by atoms with Gasteiger partial charge in [0, 0.05) is 48.1 Å². The summed E-state index contributed by atoms with van der Waals surface area (Å²) in [6.45, 7) is 0. The molecule has 0 N–H and O–H groups in total. The summed E-state index contributed by atoms with van der Waals surface area (Å²) in [5, 5.41) is 9.79. The molecular formula is C52H31N5S. The zero-order valence-corrected chi connectivity index (χ0v) is 31.9. The molecule has 9 aromatic carbocycles. The smallest absolute Gasteiger partial charge is 0.164 e. The molecule has 6 heteroatoms. The molecule has 0 unspecified atom stereocenters. The maximum Gasteiger partial charge on any atom is 0.164 e. The third kappa shape index (κ3) is 5.23. The van der Waals surface area contributed by atoms with Crippen molar-refractivity contribution in [1.29, 1.82) is 0 Å². The van der Waals surface area contributed by atoms with Gasteiger partial charge in [-0.15, -0.1) is 11.3 Å². The lowest BCUT2D eigenvalue weighted by Crippen LogP contribution is -2.01. The van der Waals surface area contributed by atoms with Gasteiger partial charge in [-0.3, -0.25) is 4.57 Å². The van der Waals surface area contributed by atoms with E-state index in [4.69, 9.17) is 19.9 Å². The van der Waals surface area contributed by atoms with Gasteiger partial charge in [0.2, 0.25) is 0 Å². The third-order valence-electron chi connectivity index (χ3n) is 11.2. The Morgan fingerprint density at radius 2 is 0.810 bits per heavy atom. The van der Waals surface area contributed by atoms with Crippen LogP contribution >= 0.6 is 11.3 Å². The molecule has 0 aliphatic rings. The first-order valence-corrected chi connectivity index (χ1v) is 20.2. The molecule has 3 heterocycles. The minimum Gasteiger partial charge on any atom is -0.292 e. The molecule has 5 nitrogen and oxygen atoms in total. The molecular weight excluding hydrogens is 727 g/mol. The van der Waals surface area contributed by atoms with Crippen LogP contribution in [0, 0.1) is 0 Å². The van der Waals surface area contributed by atoms with E-state index in [9.17, 15) is 0 Å². The van der Waals surface area contributed by atoms with E-state index in [0.29, 0.717) is 17.5 Å². The van der Waals surface area contributed by atoms with Crippen molar-refractivity contribution in [2.24, 2.45) is 0 Å². The van der Waals surface area contributed by atoms with Crippen LogP contribution in [0.1, 0.15) is 0 Å². The standard InChI is InChI=1S/C52H31N5S/c1-3-13-32(14-4-1)52-53-45-28-25-34(30-46(45)57(52)36-15-5-2-6-16-36)50-54-49(55-51(56-50)35-24-27-43-42-21-11-12-22-47(42)58-48(43)31-35)33-23-26-41-39-19-8-7-17-37(39)38-18-9-10-20-40(38)44(41)29-33/h1-31H. The number of nitrogens with zero attached hydrogens (tertiary/aromatic N) is 5. The molecule has 3 aromatic heterocycles. The molecule has 270 valence electrons. The number of fused-ring (bicyclic) bond motifs is 10. The fourth-order valence-corrected chi connectivity index (χ4v) is 9.65. The van der Waals surface area contributed by atoms with Crippen LogP contribution in [0.5, 0.6) is 0 Å². The lowest BCUT2D eigenvalue weighted by atomic mass is 9.93. The van der Waals surface area contributed by atoms with Crippen LogP contribution in [0.2, 0.25) is 0 Å². The van der Waals surface area contributed by atoms with Gasteiger partial charge in [-0.25, -0.2) is 19.9 Å². The number of imidazole rings is 1. The number of rotatable bonds is 5. The molecule has 0 saturated heterocycles. The van der Waals surface area contributed by atoms with Crippen LogP contribution in [0.4, 0.5) is 0 Å². The number of benzene rings is 9. The van der Waals surface area contributed by atoms with E-state index in [1.165, 1.54) is 52.5 Å². The Bertz CT molecular complexity index is 3540. The summed E-state index contributed by atoms with van der Waals surface area (Å²) in [6.07, 6.45) is 0. The first-order valence-electron chi connectivity index (χ1n) is 19.4. The zero-order valence-electron chi connectivity index (χ0n) is 31.0. The van der Waals surface area contributed by atoms with Crippen molar-refractivity contribution >= 4 is 74.9 Å². The molecule has 0 radical (unpaired) electrons. The second-order valence-corrected chi connectivity index (χ2v) is 15.7. The van der Waals surface area contributed by atoms with Gasteiger partial charge in [-0.2, -0.15) is 0 Å². The van der Waals surface area contributed by atoms with Gasteiger partial charge < -0.3 is 0 Å². The van der Waals surface area contributed by atoms with Crippen LogP contribution in [0.15, 0.2) is 188 Å². The molecule has 12 aromatic rings. The highest BCUT2D eigenvalue weighted by atomic mass is 32.1. The van der Waals surface area contributed by atoms with Crippen molar-refractivity contribution < 1.29 is 0 Å². The summed E-state index contributed by atoms with van der Waals surface area (Å²) in [6, 6.07) is 66.2. The molecule has 0 aliphatic heterocycles. The van der Waals surface area contributed by atoms with E-state index in [1.54, 1.807) is 11.3 Å². The van der Waals surface area contributed by atoms with Crippen molar-refractivity contribution in [1.82, 2.24) is 24.5 Å². The quantitative estimate of drug-likeness (QED) is 0.164. The zero-order chi connectivity index (χ0) is 38.2. The van der Waals surface area contributed by atoms with Crippen LogP contribution in [0.3, 0.4) is 0 Å². The number of hydrogen-bond donors (Lipinski definition) is 0. The molecule has 0 aliphatic carbocycles. The summed E-state index contributed by atoms with van der Waals surface area (Å²) >= 11 is 1.80. The summed E-state index contributed by atoms with van der Waals surface area (Å²) in [5.74, 6) is 2.73. The Labute approximate surface area is 337 Å². The van der Waals surface area contributed by atoms with Crippen LogP contribution in [0.25, 0.3) is 115 Å². The second kappa shape index (κ2) is 13.0. The van der Waals surface area contributed by atoms with E-state index in [-0.39, 0.29) is 0 Å². The maximum absolute atomic E-state index is 5.27. The minimum atomic E-state index is 0.601. The van der Waals surface area contributed by atoms with Crippen LogP contribution in [-0.2, 0) is 0 Å². The Morgan fingerprint density at radius 3 is 1.48 bits per heavy atom. The highest BCUT2D eigenvalue weighted by molar-refractivity contribution is 7.25. The molecule has 0 atom stereocenters. The molecule has 12 rings (SSSR count). The van der Waals surface area contributed by atoms with E-state index in [2.05, 4.69) is 180 Å². The summed E-state index contributed by atoms with van der Waals surface area (Å²) < 4.78 is 4.69. The van der Waals surface area contributed by atoms with Crippen LogP contribution in [-0.4, -0.2) is 24.5 Å². The first kappa shape index (κ1) is 32.7. The topological polar surface area (TPSA) is 56.5 Å². The van der Waals surface area contributed by atoms with Gasteiger partial charge in [-0.1, -0.05) is 140 Å². The average molecular weight is 758 g/mol. The minimum absolute atomic E-state index is 0.601. The molecule has 0 saturated carbocycles. The average Bonchev–Trinajstić information content (AvgIpc) is 3.87. The molecule has 0 fully saturated rings. The van der Waals surface area contributed by atoms with Crippen molar-refractivity contribution in [2.45, 2.75) is 0 Å². The van der Waals surface area contributed by atoms with E-state index in [0.717, 1.165) is 44.8 Å². The number of hydrogen-bond acceptors (Lipinski definition) is 5. The summed E-state index contributed by atoms with van der Waals surface area (Å²) in [5.41, 5.74) is 6.71. The van der Waals surface area contributed by atoms with Gasteiger partial charge in [0.25, 0.3) is 0 Å². The van der Waals surface area contributed by atoms with Gasteiger partial charge in [0.1, 0.15) is 5.82 Å². The fourth-order valence-electron chi connectivity index (χ4n) is 8.51. The van der Waals surface area contributed by atoms with E-state index in [1.807, 2.05) is 12.1 Å². The number of para-hydroxylation sites is 1. The number of thiophene rings is 1. The van der Waals surface area contributed by atoms with Crippen LogP contribution < -0.4 is 0 Å². The molecule has 0 bridgehead atoms. The summed E-state index contributed by atoms with van der Waals surface area (Å²) in [4.78, 5) is 20.9. The van der Waals surface area contributed by atoms with Gasteiger partial charge in [0.15, 0.2) is 17.5 Å². The normalized spacial score (nSPS) is 11.8. The Kier molecular flexibility index (Phi) is 7.33. The SMILES string of the molecule is c1ccc(-c2nc3ccc(-c4nc(-c5ccc6c(c5)sc5ccccc56)nc(-c5ccc6c7ccccc7c7ccccc7c6c5)n4)cc3n2-c2ccccc2)cc1. The van der Waals surface area contributed by atoms with Crippen molar-refractivity contribution in [2.75, 3.05) is 0 Å². The Hall–Kier alpha value is -7.54. The predicted octanol–water partition coefficient (Wildman–Crippen LogP) is 13.7. The maximum atomic E-state index is 5.27. The molecule has 58 heavy (non-hydrogen) atoms. The monoisotopic (exact) mass is 757 g/mol. The third-order valence-corrected chi connectivity index (χ3v) is 12.4. The second-order valence-electron chi connectivity index (χ2n) is 14.6. The lowest BCUT2D eigenvalue weighted by Gasteiger charge is -2.13. The Balaban J connectivity index is 1.09. The van der Waals surface area contributed by atoms with Gasteiger partial charge in [0.05, 0.1) is 11.0 Å². The van der Waals surface area contributed by atoms with Gasteiger partial charge >= 0.3 is 0 Å². The Morgan fingerprint density at radius 1 is 0.328 bits per heavy atom. The van der Waals surface area contributed by atoms with Gasteiger partial charge in [-0.05, 0) is 80.8 Å². The highest BCUT2D eigenvalue weighted by Crippen LogP contribution is 2.39. The van der Waals surface area contributed by atoms with Crippen molar-refractivity contribution in [3.63, 3.8) is 0 Å². The fraction of sp³-hybridized carbons (Fsp3) is 0. The van der Waals surface area contributed by atoms with E-state index >= 15 is 0 Å². The van der Waals surface area contributed by atoms with E-state index < -0.39 is 0 Å². The summed E-state index contributed by atoms with van der Waals surface area (Å²) in [7, 11) is 0. The number of aromatic nitrogens is 5. The molecule has 0 amide bonds. The van der Waals surface area contributed by atoms with Crippen molar-refractivity contribution in [3.05, 3.63) is 188 Å². The lowest BCUT2D eigenvalue weighted by molar-refractivity contribution is 1.07. The largest absolute Gasteiger partial charge is 0.292 e.